The Labute approximate surface area is 112 Å². The molecule has 0 aliphatic carbocycles. The lowest BCUT2D eigenvalue weighted by molar-refractivity contribution is 0.0685. The number of nitrogens with two attached hydrogens (primary N) is 1. The lowest BCUT2D eigenvalue weighted by Gasteiger charge is -2.01. The number of anilines is 1. The maximum Gasteiger partial charge on any atom is 0.358 e. The lowest BCUT2D eigenvalue weighted by atomic mass is 10.3. The lowest BCUT2D eigenvalue weighted by Crippen LogP contribution is -1.94. The molecule has 94 valence electrons. The van der Waals surface area contributed by atoms with Gasteiger partial charge < -0.3 is 15.4 Å². The Kier molecular flexibility index (Phi) is 3.78. The third kappa shape index (κ3) is 2.96. The highest BCUT2D eigenvalue weighted by molar-refractivity contribution is 7.98. The molecular weight excluding hydrogens is 276 g/mol. The van der Waals surface area contributed by atoms with Crippen LogP contribution in [0.5, 0.6) is 0 Å². The summed E-state index contributed by atoms with van der Waals surface area (Å²) in [4.78, 5) is 11.5. The van der Waals surface area contributed by atoms with E-state index in [2.05, 4.69) is 5.16 Å². The highest BCUT2D eigenvalue weighted by Gasteiger charge is 2.10. The first-order chi connectivity index (χ1) is 8.56. The van der Waals surface area contributed by atoms with Crippen molar-refractivity contribution in [2.45, 2.75) is 10.6 Å². The predicted octanol–water partition coefficient (Wildman–Crippen LogP) is 2.90. The van der Waals surface area contributed by atoms with Crippen LogP contribution in [-0.4, -0.2) is 16.2 Å². The Morgan fingerprint density at radius 3 is 2.89 bits per heavy atom. The molecule has 0 saturated heterocycles. The maximum atomic E-state index is 10.6. The van der Waals surface area contributed by atoms with Crippen LogP contribution in [0.3, 0.4) is 0 Å². The summed E-state index contributed by atoms with van der Waals surface area (Å²) in [6.45, 7) is 0. The Balaban J connectivity index is 2.02. The van der Waals surface area contributed by atoms with Crippen LogP contribution in [0.1, 0.15) is 16.2 Å². The van der Waals surface area contributed by atoms with E-state index in [0.29, 0.717) is 22.2 Å². The normalized spacial score (nSPS) is 10.5. The van der Waals surface area contributed by atoms with Crippen LogP contribution >= 0.6 is 23.4 Å². The predicted molar refractivity (Wildman–Crippen MR) is 68.9 cm³/mol. The van der Waals surface area contributed by atoms with Gasteiger partial charge in [0.05, 0.1) is 16.5 Å². The number of nitrogen functional groups attached to an aromatic ring is 1. The third-order valence-electron chi connectivity index (χ3n) is 2.13. The molecule has 0 atom stereocenters. The quantitative estimate of drug-likeness (QED) is 0.663. The standard InChI is InChI=1S/C11H9ClN2O3S/c12-8-4-7(1-2-9(8)13)18-5-6-3-10(11(15)16)14-17-6/h1-4H,5,13H2,(H,15,16). The van der Waals surface area contributed by atoms with Crippen molar-refractivity contribution < 1.29 is 14.4 Å². The third-order valence-corrected chi connectivity index (χ3v) is 3.47. The van der Waals surface area contributed by atoms with Crippen LogP contribution in [0.25, 0.3) is 0 Å². The van der Waals surface area contributed by atoms with Gasteiger partial charge >= 0.3 is 5.97 Å². The van der Waals surface area contributed by atoms with Crippen LogP contribution in [0.2, 0.25) is 5.02 Å². The summed E-state index contributed by atoms with van der Waals surface area (Å²) < 4.78 is 4.89. The highest BCUT2D eigenvalue weighted by atomic mass is 35.5. The maximum absolute atomic E-state index is 10.6. The molecule has 1 aromatic heterocycles. The fraction of sp³-hybridized carbons (Fsp3) is 0.0909. The number of benzene rings is 1. The number of aromatic nitrogens is 1. The van der Waals surface area contributed by atoms with Crippen molar-refractivity contribution in [1.82, 2.24) is 5.16 Å². The second-order valence-electron chi connectivity index (χ2n) is 3.46. The molecule has 5 nitrogen and oxygen atoms in total. The second kappa shape index (κ2) is 5.32. The molecule has 1 aromatic carbocycles. The van der Waals surface area contributed by atoms with Crippen LogP contribution in [0.4, 0.5) is 5.69 Å². The smallest absolute Gasteiger partial charge is 0.358 e. The summed E-state index contributed by atoms with van der Waals surface area (Å²) >= 11 is 7.34. The number of rotatable bonds is 4. The second-order valence-corrected chi connectivity index (χ2v) is 4.91. The molecule has 0 spiro atoms. The Bertz CT molecular complexity index is 585. The molecule has 0 bridgehead atoms. The number of nitrogens with zero attached hydrogens (tertiary/aromatic N) is 1. The summed E-state index contributed by atoms with van der Waals surface area (Å²) in [6, 6.07) is 6.69. The molecule has 0 aliphatic rings. The summed E-state index contributed by atoms with van der Waals surface area (Å²) in [5.74, 6) is -0.142. The van der Waals surface area contributed by atoms with Crippen molar-refractivity contribution in [2.24, 2.45) is 0 Å². The molecular formula is C11H9ClN2O3S. The van der Waals surface area contributed by atoms with Gasteiger partial charge in [0.2, 0.25) is 0 Å². The van der Waals surface area contributed by atoms with Crippen LogP contribution in [-0.2, 0) is 5.75 Å². The summed E-state index contributed by atoms with van der Waals surface area (Å²) in [5, 5.41) is 12.6. The number of thioether (sulfide) groups is 1. The molecule has 7 heteroatoms. The van der Waals surface area contributed by atoms with E-state index < -0.39 is 5.97 Å². The van der Waals surface area contributed by atoms with Gasteiger partial charge in [-0.3, -0.25) is 0 Å². The number of carboxylic acid groups (broad SMARTS) is 1. The van der Waals surface area contributed by atoms with Crippen molar-refractivity contribution in [3.05, 3.63) is 40.7 Å². The van der Waals surface area contributed by atoms with Gasteiger partial charge in [-0.05, 0) is 18.2 Å². The molecule has 0 aliphatic heterocycles. The number of hydrogen-bond acceptors (Lipinski definition) is 5. The van der Waals surface area contributed by atoms with Crippen LogP contribution in [0, 0.1) is 0 Å². The minimum Gasteiger partial charge on any atom is -0.476 e. The topological polar surface area (TPSA) is 89.4 Å². The fourth-order valence-corrected chi connectivity index (χ4v) is 2.29. The average molecular weight is 285 g/mol. The summed E-state index contributed by atoms with van der Waals surface area (Å²) in [5.41, 5.74) is 6.02. The van der Waals surface area contributed by atoms with Gasteiger partial charge in [0.15, 0.2) is 5.69 Å². The van der Waals surface area contributed by atoms with Crippen molar-refractivity contribution in [1.29, 1.82) is 0 Å². The van der Waals surface area contributed by atoms with E-state index in [1.807, 2.05) is 6.07 Å². The van der Waals surface area contributed by atoms with Crippen molar-refractivity contribution in [2.75, 3.05) is 5.73 Å². The monoisotopic (exact) mass is 284 g/mol. The van der Waals surface area contributed by atoms with E-state index in [0.717, 1.165) is 4.90 Å². The average Bonchev–Trinajstić information content (AvgIpc) is 2.79. The van der Waals surface area contributed by atoms with E-state index in [9.17, 15) is 4.79 Å². The van der Waals surface area contributed by atoms with Gasteiger partial charge in [-0.15, -0.1) is 11.8 Å². The number of halogens is 1. The Morgan fingerprint density at radius 1 is 1.50 bits per heavy atom. The highest BCUT2D eigenvalue weighted by Crippen LogP contribution is 2.28. The zero-order valence-corrected chi connectivity index (χ0v) is 10.7. The number of hydrogen-bond donors (Lipinski definition) is 2. The molecule has 2 rings (SSSR count). The molecule has 0 radical (unpaired) electrons. The van der Waals surface area contributed by atoms with E-state index in [4.69, 9.17) is 27.0 Å². The molecule has 3 N–H and O–H groups in total. The van der Waals surface area contributed by atoms with Crippen LogP contribution < -0.4 is 5.73 Å². The van der Waals surface area contributed by atoms with E-state index in [1.165, 1.54) is 17.8 Å². The minimum absolute atomic E-state index is 0.0964. The van der Waals surface area contributed by atoms with Gasteiger partial charge in [-0.1, -0.05) is 16.8 Å². The van der Waals surface area contributed by atoms with E-state index in [-0.39, 0.29) is 5.69 Å². The minimum atomic E-state index is -1.11. The fourth-order valence-electron chi connectivity index (χ4n) is 1.23. The first kappa shape index (κ1) is 12.8. The molecule has 1 heterocycles. The van der Waals surface area contributed by atoms with Crippen molar-refractivity contribution in [3.8, 4) is 0 Å². The molecule has 0 amide bonds. The zero-order chi connectivity index (χ0) is 13.1. The molecule has 0 saturated carbocycles. The van der Waals surface area contributed by atoms with Gasteiger partial charge in [0, 0.05) is 11.0 Å². The summed E-state index contributed by atoms with van der Waals surface area (Å²) in [7, 11) is 0. The van der Waals surface area contributed by atoms with Crippen LogP contribution in [0.15, 0.2) is 33.7 Å². The Morgan fingerprint density at radius 2 is 2.28 bits per heavy atom. The molecule has 2 aromatic rings. The van der Waals surface area contributed by atoms with Crippen molar-refractivity contribution in [3.63, 3.8) is 0 Å². The summed E-state index contributed by atoms with van der Waals surface area (Å²) in [6.07, 6.45) is 0. The largest absolute Gasteiger partial charge is 0.476 e. The Hall–Kier alpha value is -1.66. The van der Waals surface area contributed by atoms with Gasteiger partial charge in [0.1, 0.15) is 5.76 Å². The molecule has 0 unspecified atom stereocenters. The number of carboxylic acids is 1. The van der Waals surface area contributed by atoms with Gasteiger partial charge in [0.25, 0.3) is 0 Å². The van der Waals surface area contributed by atoms with Crippen molar-refractivity contribution >= 4 is 35.0 Å². The van der Waals surface area contributed by atoms with E-state index >= 15 is 0 Å². The number of aromatic carboxylic acids is 1. The zero-order valence-electron chi connectivity index (χ0n) is 9.09. The van der Waals surface area contributed by atoms with Gasteiger partial charge in [-0.2, -0.15) is 0 Å². The first-order valence-corrected chi connectivity index (χ1v) is 6.29. The molecule has 0 fully saturated rings. The first-order valence-electron chi connectivity index (χ1n) is 4.93. The molecule has 18 heavy (non-hydrogen) atoms. The van der Waals surface area contributed by atoms with E-state index in [1.54, 1.807) is 12.1 Å². The SMILES string of the molecule is Nc1ccc(SCc2cc(C(=O)O)no2)cc1Cl. The number of carbonyl (C=O) groups is 1. The van der Waals surface area contributed by atoms with Gasteiger partial charge in [-0.25, -0.2) is 4.79 Å².